The number of hydrogen-bond donors (Lipinski definition) is 2. The summed E-state index contributed by atoms with van der Waals surface area (Å²) in [5.41, 5.74) is 1.93. The summed E-state index contributed by atoms with van der Waals surface area (Å²) in [6.07, 6.45) is 1.99. The lowest BCUT2D eigenvalue weighted by Crippen LogP contribution is -2.30. The van der Waals surface area contributed by atoms with Crippen molar-refractivity contribution in [1.82, 2.24) is 25.3 Å². The third-order valence-electron chi connectivity index (χ3n) is 4.61. The Balaban J connectivity index is 1.57. The number of esters is 1. The van der Waals surface area contributed by atoms with Crippen LogP contribution in [0.2, 0.25) is 5.02 Å². The van der Waals surface area contributed by atoms with E-state index in [2.05, 4.69) is 25.8 Å². The standard InChI is InChI=1S/C22H24ClN7O5/c1-14-6-7-17(16(23)9-14)27-21(32)18-10-26-30(28-18)13-35-22(33)29(3)20-15(5-4-8-25-20)12-34-19(31)11-24-2/h4-10,24H,11-13H2,1-3H3,(H,27,32). The van der Waals surface area contributed by atoms with Gasteiger partial charge in [-0.2, -0.15) is 5.10 Å². The molecule has 12 nitrogen and oxygen atoms in total. The molecule has 0 spiro atoms. The van der Waals surface area contributed by atoms with Gasteiger partial charge in [-0.3, -0.25) is 14.5 Å². The van der Waals surface area contributed by atoms with Gasteiger partial charge in [0.1, 0.15) is 12.4 Å². The number of amides is 2. The van der Waals surface area contributed by atoms with Gasteiger partial charge >= 0.3 is 12.1 Å². The fourth-order valence-electron chi connectivity index (χ4n) is 2.87. The van der Waals surface area contributed by atoms with Gasteiger partial charge in [-0.05, 0) is 37.7 Å². The molecule has 3 aromatic rings. The second-order valence-electron chi connectivity index (χ2n) is 7.32. The SMILES string of the molecule is CNCC(=O)OCc1cccnc1N(C)C(=O)OCn1ncc(C(=O)Nc2ccc(C)cc2Cl)n1. The number of nitrogens with zero attached hydrogens (tertiary/aromatic N) is 5. The molecule has 0 saturated heterocycles. The molecule has 0 radical (unpaired) electrons. The Labute approximate surface area is 206 Å². The molecule has 2 heterocycles. The molecule has 13 heteroatoms. The van der Waals surface area contributed by atoms with Crippen LogP contribution >= 0.6 is 11.6 Å². The number of aromatic nitrogens is 4. The molecular formula is C22H24ClN7O5. The Bertz CT molecular complexity index is 1220. The van der Waals surface area contributed by atoms with E-state index in [0.29, 0.717) is 16.3 Å². The number of carbonyl (C=O) groups excluding carboxylic acids is 3. The summed E-state index contributed by atoms with van der Waals surface area (Å²) >= 11 is 6.14. The molecule has 0 bridgehead atoms. The van der Waals surface area contributed by atoms with Crippen molar-refractivity contribution < 1.29 is 23.9 Å². The van der Waals surface area contributed by atoms with E-state index in [0.717, 1.165) is 15.3 Å². The zero-order valence-corrected chi connectivity index (χ0v) is 20.1. The highest BCUT2D eigenvalue weighted by molar-refractivity contribution is 6.34. The Morgan fingerprint density at radius 1 is 1.20 bits per heavy atom. The molecule has 0 fully saturated rings. The molecule has 35 heavy (non-hydrogen) atoms. The molecule has 2 aromatic heterocycles. The Kier molecular flexibility index (Phi) is 8.70. The number of likely N-dealkylation sites (N-methyl/N-ethyl adjacent to an activating group) is 1. The van der Waals surface area contributed by atoms with Crippen LogP contribution in [0.1, 0.15) is 21.6 Å². The van der Waals surface area contributed by atoms with Crippen molar-refractivity contribution in [2.75, 3.05) is 30.9 Å². The number of rotatable bonds is 9. The number of nitrogens with one attached hydrogen (secondary N) is 2. The predicted octanol–water partition coefficient (Wildman–Crippen LogP) is 2.38. The van der Waals surface area contributed by atoms with Gasteiger partial charge in [0.05, 0.1) is 23.5 Å². The number of halogens is 1. The van der Waals surface area contributed by atoms with Gasteiger partial charge in [-0.1, -0.05) is 23.7 Å². The fraction of sp³-hybridized carbons (Fsp3) is 0.273. The number of pyridine rings is 1. The summed E-state index contributed by atoms with van der Waals surface area (Å²) < 4.78 is 10.4. The highest BCUT2D eigenvalue weighted by Gasteiger charge is 2.19. The Morgan fingerprint density at radius 3 is 2.74 bits per heavy atom. The van der Waals surface area contributed by atoms with E-state index in [1.165, 1.54) is 19.4 Å². The second-order valence-corrected chi connectivity index (χ2v) is 7.72. The molecule has 1 aromatic carbocycles. The maximum atomic E-state index is 12.5. The first-order valence-electron chi connectivity index (χ1n) is 10.4. The molecule has 0 aliphatic rings. The maximum absolute atomic E-state index is 12.5. The van der Waals surface area contributed by atoms with Crippen molar-refractivity contribution in [2.45, 2.75) is 20.3 Å². The molecule has 184 valence electrons. The minimum atomic E-state index is -0.749. The van der Waals surface area contributed by atoms with Crippen LogP contribution in [0.4, 0.5) is 16.3 Å². The lowest BCUT2D eigenvalue weighted by atomic mass is 10.2. The number of carbonyl (C=O) groups is 3. The van der Waals surface area contributed by atoms with Gasteiger partial charge in [-0.25, -0.2) is 9.78 Å². The molecule has 0 saturated carbocycles. The summed E-state index contributed by atoms with van der Waals surface area (Å²) in [5.74, 6) is -0.698. The van der Waals surface area contributed by atoms with E-state index in [-0.39, 0.29) is 31.4 Å². The van der Waals surface area contributed by atoms with Crippen LogP contribution in [0, 0.1) is 6.92 Å². The Morgan fingerprint density at radius 2 is 2.00 bits per heavy atom. The second kappa shape index (κ2) is 11.9. The molecule has 2 amide bonds. The lowest BCUT2D eigenvalue weighted by molar-refractivity contribution is -0.143. The lowest BCUT2D eigenvalue weighted by Gasteiger charge is -2.18. The van der Waals surface area contributed by atoms with Gasteiger partial charge in [-0.15, -0.1) is 9.90 Å². The largest absolute Gasteiger partial charge is 0.460 e. The maximum Gasteiger partial charge on any atom is 0.417 e. The van der Waals surface area contributed by atoms with Crippen molar-refractivity contribution in [3.05, 3.63) is 64.6 Å². The molecule has 0 unspecified atom stereocenters. The first kappa shape index (κ1) is 25.6. The first-order chi connectivity index (χ1) is 16.8. The molecule has 0 aliphatic carbocycles. The van der Waals surface area contributed by atoms with E-state index in [1.54, 1.807) is 31.3 Å². The average molecular weight is 502 g/mol. The smallest absolute Gasteiger partial charge is 0.417 e. The number of anilines is 2. The van der Waals surface area contributed by atoms with Crippen molar-refractivity contribution in [3.8, 4) is 0 Å². The van der Waals surface area contributed by atoms with Gasteiger partial charge < -0.3 is 20.1 Å². The monoisotopic (exact) mass is 501 g/mol. The van der Waals surface area contributed by atoms with E-state index in [4.69, 9.17) is 21.1 Å². The van der Waals surface area contributed by atoms with Crippen LogP contribution in [-0.4, -0.2) is 58.6 Å². The number of hydrogen-bond acceptors (Lipinski definition) is 9. The highest BCUT2D eigenvalue weighted by atomic mass is 35.5. The van der Waals surface area contributed by atoms with Crippen molar-refractivity contribution in [3.63, 3.8) is 0 Å². The van der Waals surface area contributed by atoms with Crippen molar-refractivity contribution in [2.24, 2.45) is 0 Å². The van der Waals surface area contributed by atoms with E-state index in [9.17, 15) is 14.4 Å². The third kappa shape index (κ3) is 6.98. The summed E-state index contributed by atoms with van der Waals surface area (Å²) in [4.78, 5) is 43.0. The fourth-order valence-corrected chi connectivity index (χ4v) is 3.15. The normalized spacial score (nSPS) is 10.5. The van der Waals surface area contributed by atoms with Gasteiger partial charge in [0, 0.05) is 18.8 Å². The number of benzene rings is 1. The molecule has 2 N–H and O–H groups in total. The van der Waals surface area contributed by atoms with E-state index in [1.807, 2.05) is 13.0 Å². The summed E-state index contributed by atoms with van der Waals surface area (Å²) in [5, 5.41) is 13.7. The molecular weight excluding hydrogens is 478 g/mol. The van der Waals surface area contributed by atoms with Crippen LogP contribution in [0.15, 0.2) is 42.7 Å². The van der Waals surface area contributed by atoms with Crippen LogP contribution < -0.4 is 15.5 Å². The van der Waals surface area contributed by atoms with Crippen molar-refractivity contribution in [1.29, 1.82) is 0 Å². The van der Waals surface area contributed by atoms with Gasteiger partial charge in [0.2, 0.25) is 6.73 Å². The van der Waals surface area contributed by atoms with Crippen molar-refractivity contribution >= 4 is 41.1 Å². The molecule has 3 rings (SSSR count). The quantitative estimate of drug-likeness (QED) is 0.423. The van der Waals surface area contributed by atoms with Crippen LogP contribution in [-0.2, 0) is 27.6 Å². The summed E-state index contributed by atoms with van der Waals surface area (Å²) in [6.45, 7) is 1.53. The van der Waals surface area contributed by atoms with E-state index < -0.39 is 18.0 Å². The number of aryl methyl sites for hydroxylation is 1. The Hall–Kier alpha value is -4.03. The zero-order valence-electron chi connectivity index (χ0n) is 19.3. The minimum absolute atomic E-state index is 0.0152. The average Bonchev–Trinajstić information content (AvgIpc) is 3.32. The van der Waals surface area contributed by atoms with Crippen LogP contribution in [0.25, 0.3) is 0 Å². The predicted molar refractivity (Wildman–Crippen MR) is 127 cm³/mol. The topological polar surface area (TPSA) is 141 Å². The van der Waals surface area contributed by atoms with Gasteiger partial charge in [0.15, 0.2) is 5.69 Å². The van der Waals surface area contributed by atoms with Crippen LogP contribution in [0.5, 0.6) is 0 Å². The number of ether oxygens (including phenoxy) is 2. The molecule has 0 aliphatic heterocycles. The summed E-state index contributed by atoms with van der Waals surface area (Å²) in [6, 6.07) is 8.56. The molecule has 0 atom stereocenters. The third-order valence-corrected chi connectivity index (χ3v) is 4.93. The van der Waals surface area contributed by atoms with Crippen LogP contribution in [0.3, 0.4) is 0 Å². The van der Waals surface area contributed by atoms with E-state index >= 15 is 0 Å². The summed E-state index contributed by atoms with van der Waals surface area (Å²) in [7, 11) is 3.09. The minimum Gasteiger partial charge on any atom is -0.460 e. The zero-order chi connectivity index (χ0) is 25.4. The highest BCUT2D eigenvalue weighted by Crippen LogP contribution is 2.23. The first-order valence-corrected chi connectivity index (χ1v) is 10.8. The van der Waals surface area contributed by atoms with Gasteiger partial charge in [0.25, 0.3) is 5.91 Å².